The molecule has 11 nitrogen and oxygen atoms in total. The lowest BCUT2D eigenvalue weighted by Crippen LogP contribution is -2.30. The zero-order valence-corrected chi connectivity index (χ0v) is 48.3. The lowest BCUT2D eigenvalue weighted by Gasteiger charge is -2.21. The summed E-state index contributed by atoms with van der Waals surface area (Å²) >= 11 is 0. The van der Waals surface area contributed by atoms with Crippen LogP contribution in [0.4, 0.5) is 0 Å². The highest BCUT2D eigenvalue weighted by Crippen LogP contribution is 2.43. The summed E-state index contributed by atoms with van der Waals surface area (Å²) in [7, 11) is -4.78. The van der Waals surface area contributed by atoms with E-state index in [1.807, 2.05) is 0 Å². The van der Waals surface area contributed by atoms with Crippen molar-refractivity contribution >= 4 is 25.7 Å². The molecule has 0 amide bonds. The zero-order valence-electron chi connectivity index (χ0n) is 47.4. The van der Waals surface area contributed by atoms with Crippen LogP contribution < -0.4 is 0 Å². The second kappa shape index (κ2) is 56.8. The topological polar surface area (TPSA) is 155 Å². The molecule has 3 atom stereocenters. The summed E-state index contributed by atoms with van der Waals surface area (Å²) in [5, 5.41) is 9.81. The molecule has 0 radical (unpaired) electrons. The standard InChI is InChI=1S/C64H103O11P/c1-4-7-10-13-16-19-22-25-27-29-30-32-34-37-40-43-46-49-52-55-64(68)75-61(57-71-62(66)53-50-47-44-41-38-36-33-31-28-26-23-20-17-14-11-8-5-2)59-73-76(69,70)72-58-60(56-65)74-63(67)54-51-48-45-42-39-35-24-21-18-15-12-9-6-3/h7-12,16-21,25-28,30,32-33,35-36,39,60-61,65H,4-6,13-15,22-24,29,31,34,37-38,40-59H2,1-3H3,(H,69,70)/b10-7-,11-8-,12-9-,19-16-,20-17-,21-18-,27-25-,28-26-,32-30-,36-33-,39-35-. The van der Waals surface area contributed by atoms with Crippen LogP contribution in [0.25, 0.3) is 0 Å². The molecule has 0 bridgehead atoms. The fraction of sp³-hybridized carbons (Fsp3) is 0.609. The van der Waals surface area contributed by atoms with Crippen LogP contribution >= 0.6 is 7.82 Å². The number of unbranched alkanes of at least 4 members (excludes halogenated alkanes) is 13. The average Bonchev–Trinajstić information content (AvgIpc) is 3.41. The Morgan fingerprint density at radius 3 is 1.00 bits per heavy atom. The lowest BCUT2D eigenvalue weighted by atomic mass is 10.1. The van der Waals surface area contributed by atoms with Crippen molar-refractivity contribution in [2.24, 2.45) is 0 Å². The number of phosphoric ester groups is 1. The second-order valence-corrected chi connectivity index (χ2v) is 20.1. The maximum Gasteiger partial charge on any atom is 0.472 e. The molecule has 0 aromatic heterocycles. The Morgan fingerprint density at radius 1 is 0.368 bits per heavy atom. The van der Waals surface area contributed by atoms with Crippen molar-refractivity contribution in [3.05, 3.63) is 134 Å². The van der Waals surface area contributed by atoms with E-state index in [2.05, 4.69) is 154 Å². The Labute approximate surface area is 461 Å². The molecule has 0 saturated heterocycles. The van der Waals surface area contributed by atoms with E-state index in [9.17, 15) is 28.9 Å². The van der Waals surface area contributed by atoms with Crippen molar-refractivity contribution in [2.75, 3.05) is 26.4 Å². The highest BCUT2D eigenvalue weighted by Gasteiger charge is 2.28. The van der Waals surface area contributed by atoms with E-state index >= 15 is 0 Å². The predicted octanol–water partition coefficient (Wildman–Crippen LogP) is 17.4. The molecular weight excluding hydrogens is 976 g/mol. The number of carbonyl (C=O) groups is 3. The van der Waals surface area contributed by atoms with Crippen LogP contribution in [0.1, 0.15) is 213 Å². The summed E-state index contributed by atoms with van der Waals surface area (Å²) in [6, 6.07) is 0. The number of aliphatic hydroxyl groups is 1. The van der Waals surface area contributed by atoms with Gasteiger partial charge in [0.05, 0.1) is 19.8 Å². The minimum atomic E-state index is -4.78. The molecule has 0 spiro atoms. The number of allylic oxidation sites excluding steroid dienone is 22. The van der Waals surface area contributed by atoms with E-state index in [0.717, 1.165) is 154 Å². The molecule has 0 aromatic carbocycles. The van der Waals surface area contributed by atoms with Gasteiger partial charge in [-0.15, -0.1) is 0 Å². The van der Waals surface area contributed by atoms with Gasteiger partial charge < -0.3 is 24.2 Å². The van der Waals surface area contributed by atoms with E-state index in [1.54, 1.807) is 0 Å². The van der Waals surface area contributed by atoms with Crippen LogP contribution in [-0.2, 0) is 42.2 Å². The number of hydrogen-bond donors (Lipinski definition) is 2. The minimum Gasteiger partial charge on any atom is -0.462 e. The average molecular weight is 1080 g/mol. The third kappa shape index (κ3) is 54.4. The van der Waals surface area contributed by atoms with Gasteiger partial charge in [-0.25, -0.2) is 4.57 Å². The molecule has 0 aliphatic rings. The Kier molecular flexibility index (Phi) is 53.5. The Bertz CT molecular complexity index is 1780. The zero-order chi connectivity index (χ0) is 55.5. The molecule has 430 valence electrons. The molecule has 0 aliphatic carbocycles. The maximum absolute atomic E-state index is 12.9. The molecule has 0 aromatic rings. The largest absolute Gasteiger partial charge is 0.472 e. The smallest absolute Gasteiger partial charge is 0.462 e. The molecule has 76 heavy (non-hydrogen) atoms. The molecule has 3 unspecified atom stereocenters. The SMILES string of the molecule is CC/C=C\C/C=C\C/C=C\C/C=C\CCCCCCCCC(=O)OC(COC(=O)CCCCCC/C=C\C/C=C\C/C=C\C/C=C\CC)COP(=O)(O)OCC(CO)OC(=O)CCCCC/C=C\C/C=C\C/C=C\CC. The second-order valence-electron chi connectivity index (χ2n) is 18.7. The summed E-state index contributed by atoms with van der Waals surface area (Å²) in [5.74, 6) is -1.55. The molecule has 0 heterocycles. The van der Waals surface area contributed by atoms with Crippen molar-refractivity contribution in [3.8, 4) is 0 Å². The van der Waals surface area contributed by atoms with Crippen LogP contribution in [0.3, 0.4) is 0 Å². The number of rotatable bonds is 52. The molecule has 0 fully saturated rings. The third-order valence-corrected chi connectivity index (χ3v) is 12.5. The van der Waals surface area contributed by atoms with Gasteiger partial charge in [0.2, 0.25) is 0 Å². The van der Waals surface area contributed by atoms with E-state index in [0.29, 0.717) is 19.3 Å². The van der Waals surface area contributed by atoms with Gasteiger partial charge in [-0.1, -0.05) is 199 Å². The number of ether oxygens (including phenoxy) is 3. The molecular formula is C64H103O11P. The first-order chi connectivity index (χ1) is 37.2. The van der Waals surface area contributed by atoms with Gasteiger partial charge in [-0.05, 0) is 128 Å². The quantitative estimate of drug-likeness (QED) is 0.0197. The molecule has 0 saturated carbocycles. The number of hydrogen-bond acceptors (Lipinski definition) is 10. The summed E-state index contributed by atoms with van der Waals surface area (Å²) in [5.41, 5.74) is 0. The highest BCUT2D eigenvalue weighted by molar-refractivity contribution is 7.47. The Hall–Kier alpha value is -4.38. The Balaban J connectivity index is 4.84. The Morgan fingerprint density at radius 2 is 0.645 bits per heavy atom. The summed E-state index contributed by atoms with van der Waals surface area (Å²) < 4.78 is 39.5. The van der Waals surface area contributed by atoms with Crippen molar-refractivity contribution in [3.63, 3.8) is 0 Å². The van der Waals surface area contributed by atoms with Crippen molar-refractivity contribution in [2.45, 2.75) is 226 Å². The first kappa shape index (κ1) is 71.6. The van der Waals surface area contributed by atoms with Crippen LogP contribution in [0, 0.1) is 0 Å². The van der Waals surface area contributed by atoms with Crippen molar-refractivity contribution in [1.29, 1.82) is 0 Å². The summed E-state index contributed by atoms with van der Waals surface area (Å²) in [6.45, 7) is 4.21. The normalized spacial score (nSPS) is 14.3. The van der Waals surface area contributed by atoms with E-state index in [1.165, 1.54) is 0 Å². The molecule has 0 aliphatic heterocycles. The van der Waals surface area contributed by atoms with Crippen LogP contribution in [0.2, 0.25) is 0 Å². The van der Waals surface area contributed by atoms with Gasteiger partial charge in [-0.3, -0.25) is 23.4 Å². The van der Waals surface area contributed by atoms with Crippen LogP contribution in [0.5, 0.6) is 0 Å². The van der Waals surface area contributed by atoms with E-state index in [-0.39, 0.29) is 25.9 Å². The predicted molar refractivity (Wildman–Crippen MR) is 316 cm³/mol. The van der Waals surface area contributed by atoms with E-state index in [4.69, 9.17) is 23.3 Å². The fourth-order valence-corrected chi connectivity index (χ4v) is 8.02. The summed E-state index contributed by atoms with van der Waals surface area (Å²) in [4.78, 5) is 48.6. The van der Waals surface area contributed by atoms with Gasteiger partial charge in [-0.2, -0.15) is 0 Å². The first-order valence-electron chi connectivity index (χ1n) is 29.1. The summed E-state index contributed by atoms with van der Waals surface area (Å²) in [6.07, 6.45) is 71.2. The highest BCUT2D eigenvalue weighted by atomic mass is 31.2. The lowest BCUT2D eigenvalue weighted by molar-refractivity contribution is -0.161. The van der Waals surface area contributed by atoms with Gasteiger partial charge in [0.1, 0.15) is 12.7 Å². The molecule has 0 rings (SSSR count). The minimum absolute atomic E-state index is 0.132. The van der Waals surface area contributed by atoms with Gasteiger partial charge >= 0.3 is 25.7 Å². The number of aliphatic hydroxyl groups excluding tert-OH is 1. The van der Waals surface area contributed by atoms with Gasteiger partial charge in [0.15, 0.2) is 6.10 Å². The third-order valence-electron chi connectivity index (χ3n) is 11.6. The van der Waals surface area contributed by atoms with Crippen molar-refractivity contribution in [1.82, 2.24) is 0 Å². The monoisotopic (exact) mass is 1080 g/mol. The van der Waals surface area contributed by atoms with Gasteiger partial charge in [0.25, 0.3) is 0 Å². The fourth-order valence-electron chi connectivity index (χ4n) is 7.23. The number of esters is 3. The first-order valence-corrected chi connectivity index (χ1v) is 30.6. The molecule has 2 N–H and O–H groups in total. The van der Waals surface area contributed by atoms with Crippen LogP contribution in [-0.4, -0.2) is 66.5 Å². The maximum atomic E-state index is 12.9. The van der Waals surface area contributed by atoms with Crippen LogP contribution in [0.15, 0.2) is 134 Å². The van der Waals surface area contributed by atoms with E-state index < -0.39 is 57.8 Å². The van der Waals surface area contributed by atoms with Crippen molar-refractivity contribution < 1.29 is 52.2 Å². The molecule has 12 heteroatoms. The number of carbonyl (C=O) groups excluding carboxylic acids is 3. The number of phosphoric acid groups is 1. The van der Waals surface area contributed by atoms with Gasteiger partial charge in [0, 0.05) is 19.3 Å².